The SMILES string of the molecule is Nc1cc(CN2CCC(C(=O)N3CCN(Cc4cc(Br)ccc4F)CC3)CC2)ccn1. The molecule has 4 rings (SSSR count). The highest BCUT2D eigenvalue weighted by atomic mass is 79.9. The van der Waals surface area contributed by atoms with E-state index in [9.17, 15) is 9.18 Å². The Morgan fingerprint density at radius 2 is 1.74 bits per heavy atom. The van der Waals surface area contributed by atoms with Crippen LogP contribution < -0.4 is 5.73 Å². The Balaban J connectivity index is 1.22. The van der Waals surface area contributed by atoms with E-state index in [1.165, 1.54) is 6.07 Å². The van der Waals surface area contributed by atoms with Gasteiger partial charge >= 0.3 is 0 Å². The van der Waals surface area contributed by atoms with E-state index in [2.05, 4.69) is 30.7 Å². The van der Waals surface area contributed by atoms with Gasteiger partial charge in [0.2, 0.25) is 5.91 Å². The minimum Gasteiger partial charge on any atom is -0.384 e. The van der Waals surface area contributed by atoms with Crippen molar-refractivity contribution >= 4 is 27.7 Å². The third-order valence-corrected chi connectivity index (χ3v) is 6.77. The van der Waals surface area contributed by atoms with Crippen molar-refractivity contribution in [3.8, 4) is 0 Å². The van der Waals surface area contributed by atoms with Gasteiger partial charge in [0.1, 0.15) is 11.6 Å². The average molecular weight is 490 g/mol. The average Bonchev–Trinajstić information content (AvgIpc) is 2.77. The second kappa shape index (κ2) is 10.1. The molecule has 0 aliphatic carbocycles. The number of carbonyl (C=O) groups is 1. The summed E-state index contributed by atoms with van der Waals surface area (Å²) in [7, 11) is 0. The second-order valence-electron chi connectivity index (χ2n) is 8.48. The lowest BCUT2D eigenvalue weighted by molar-refractivity contribution is -0.139. The zero-order valence-electron chi connectivity index (χ0n) is 17.6. The van der Waals surface area contributed by atoms with E-state index in [1.807, 2.05) is 23.1 Å². The van der Waals surface area contributed by atoms with Crippen molar-refractivity contribution < 1.29 is 9.18 Å². The summed E-state index contributed by atoms with van der Waals surface area (Å²) in [6.07, 6.45) is 3.53. The van der Waals surface area contributed by atoms with Gasteiger partial charge in [0.05, 0.1) is 0 Å². The van der Waals surface area contributed by atoms with Crippen LogP contribution in [0.2, 0.25) is 0 Å². The maximum absolute atomic E-state index is 14.0. The van der Waals surface area contributed by atoms with E-state index in [-0.39, 0.29) is 17.6 Å². The summed E-state index contributed by atoms with van der Waals surface area (Å²) < 4.78 is 14.9. The number of amides is 1. The molecule has 2 aliphatic rings. The van der Waals surface area contributed by atoms with Gasteiger partial charge in [-0.25, -0.2) is 9.37 Å². The summed E-state index contributed by atoms with van der Waals surface area (Å²) in [6, 6.07) is 8.95. The molecule has 0 spiro atoms. The first-order valence-corrected chi connectivity index (χ1v) is 11.6. The fourth-order valence-corrected chi connectivity index (χ4v) is 4.89. The Bertz CT molecular complexity index is 911. The minimum atomic E-state index is -0.178. The zero-order chi connectivity index (χ0) is 21.8. The lowest BCUT2D eigenvalue weighted by Crippen LogP contribution is -2.51. The molecule has 0 radical (unpaired) electrons. The predicted molar refractivity (Wildman–Crippen MR) is 123 cm³/mol. The van der Waals surface area contributed by atoms with Crippen LogP contribution >= 0.6 is 15.9 Å². The number of likely N-dealkylation sites (tertiary alicyclic amines) is 1. The minimum absolute atomic E-state index is 0.104. The van der Waals surface area contributed by atoms with E-state index < -0.39 is 0 Å². The van der Waals surface area contributed by atoms with E-state index in [1.54, 1.807) is 12.3 Å². The number of halogens is 2. The van der Waals surface area contributed by atoms with Crippen LogP contribution in [0.4, 0.5) is 10.2 Å². The monoisotopic (exact) mass is 489 g/mol. The number of benzene rings is 1. The van der Waals surface area contributed by atoms with E-state index >= 15 is 0 Å². The third kappa shape index (κ3) is 5.81. The Morgan fingerprint density at radius 3 is 2.45 bits per heavy atom. The number of nitrogen functional groups attached to an aromatic ring is 1. The molecule has 0 unspecified atom stereocenters. The van der Waals surface area contributed by atoms with Gasteiger partial charge in [-0.15, -0.1) is 0 Å². The quantitative estimate of drug-likeness (QED) is 0.698. The lowest BCUT2D eigenvalue weighted by atomic mass is 9.94. The van der Waals surface area contributed by atoms with Gasteiger partial charge in [-0.2, -0.15) is 0 Å². The van der Waals surface area contributed by atoms with Crippen molar-refractivity contribution in [2.75, 3.05) is 45.0 Å². The van der Waals surface area contributed by atoms with Crippen molar-refractivity contribution in [1.29, 1.82) is 0 Å². The lowest BCUT2D eigenvalue weighted by Gasteiger charge is -2.38. The number of hydrogen-bond acceptors (Lipinski definition) is 5. The first kappa shape index (κ1) is 22.2. The number of nitrogens with two attached hydrogens (primary N) is 1. The van der Waals surface area contributed by atoms with Crippen LogP contribution in [0.1, 0.15) is 24.0 Å². The number of pyridine rings is 1. The first-order chi connectivity index (χ1) is 15.0. The fraction of sp³-hybridized carbons (Fsp3) is 0.478. The molecule has 1 aromatic carbocycles. The smallest absolute Gasteiger partial charge is 0.225 e. The van der Waals surface area contributed by atoms with Crippen LogP contribution in [0, 0.1) is 11.7 Å². The molecule has 2 aliphatic heterocycles. The first-order valence-electron chi connectivity index (χ1n) is 10.9. The van der Waals surface area contributed by atoms with Crippen molar-refractivity contribution in [2.24, 2.45) is 5.92 Å². The standard InChI is InChI=1S/C23H29BrFN5O/c24-20-1-2-21(25)19(14-20)16-29-9-11-30(12-10-29)23(31)18-4-7-28(8-5-18)15-17-3-6-27-22(26)13-17/h1-3,6,13-14,18H,4-5,7-12,15-16H2,(H2,26,27). The number of aromatic nitrogens is 1. The van der Waals surface area contributed by atoms with Gasteiger partial charge in [-0.3, -0.25) is 14.6 Å². The number of rotatable bonds is 5. The maximum Gasteiger partial charge on any atom is 0.225 e. The number of piperidine rings is 1. The van der Waals surface area contributed by atoms with Gasteiger partial charge in [-0.1, -0.05) is 15.9 Å². The summed E-state index contributed by atoms with van der Waals surface area (Å²) in [4.78, 5) is 23.7. The zero-order valence-corrected chi connectivity index (χ0v) is 19.2. The summed E-state index contributed by atoms with van der Waals surface area (Å²) in [6.45, 7) is 6.24. The summed E-state index contributed by atoms with van der Waals surface area (Å²) in [5.74, 6) is 0.751. The molecule has 0 bridgehead atoms. The van der Waals surface area contributed by atoms with Gasteiger partial charge < -0.3 is 10.6 Å². The Morgan fingerprint density at radius 1 is 1.03 bits per heavy atom. The topological polar surface area (TPSA) is 65.7 Å². The van der Waals surface area contributed by atoms with E-state index in [0.717, 1.165) is 55.6 Å². The second-order valence-corrected chi connectivity index (χ2v) is 9.39. The van der Waals surface area contributed by atoms with Crippen molar-refractivity contribution in [3.63, 3.8) is 0 Å². The molecule has 3 heterocycles. The molecule has 0 atom stereocenters. The number of hydrogen-bond donors (Lipinski definition) is 1. The molecule has 2 saturated heterocycles. The number of piperazine rings is 1. The summed E-state index contributed by atoms with van der Waals surface area (Å²) >= 11 is 3.41. The van der Waals surface area contributed by atoms with Crippen LogP contribution in [0.25, 0.3) is 0 Å². The molecule has 2 fully saturated rings. The molecule has 8 heteroatoms. The highest BCUT2D eigenvalue weighted by Crippen LogP contribution is 2.23. The highest BCUT2D eigenvalue weighted by Gasteiger charge is 2.30. The van der Waals surface area contributed by atoms with Crippen LogP contribution in [-0.4, -0.2) is 64.9 Å². The highest BCUT2D eigenvalue weighted by molar-refractivity contribution is 9.10. The van der Waals surface area contributed by atoms with Gasteiger partial charge in [0.25, 0.3) is 0 Å². The van der Waals surface area contributed by atoms with Crippen molar-refractivity contribution in [3.05, 3.63) is 57.9 Å². The third-order valence-electron chi connectivity index (χ3n) is 6.27. The van der Waals surface area contributed by atoms with Crippen molar-refractivity contribution in [1.82, 2.24) is 19.7 Å². The molecule has 1 amide bonds. The normalized spacial score (nSPS) is 19.0. The van der Waals surface area contributed by atoms with Gasteiger partial charge in [-0.05, 0) is 61.8 Å². The van der Waals surface area contributed by atoms with Crippen LogP contribution in [0.3, 0.4) is 0 Å². The van der Waals surface area contributed by atoms with Gasteiger partial charge in [0, 0.05) is 61.4 Å². The number of nitrogens with zero attached hydrogens (tertiary/aromatic N) is 4. The Labute approximate surface area is 191 Å². The predicted octanol–water partition coefficient (Wildman–Crippen LogP) is 3.12. The van der Waals surface area contributed by atoms with Crippen LogP contribution in [0.5, 0.6) is 0 Å². The fourth-order valence-electron chi connectivity index (χ4n) is 4.48. The summed E-state index contributed by atoms with van der Waals surface area (Å²) in [5, 5.41) is 0. The molecule has 2 N–H and O–H groups in total. The molecule has 6 nitrogen and oxygen atoms in total. The Kier molecular flexibility index (Phi) is 7.20. The maximum atomic E-state index is 14.0. The number of anilines is 1. The molecule has 166 valence electrons. The van der Waals surface area contributed by atoms with E-state index in [0.29, 0.717) is 31.0 Å². The van der Waals surface area contributed by atoms with Crippen molar-refractivity contribution in [2.45, 2.75) is 25.9 Å². The molecule has 1 aromatic heterocycles. The molecule has 2 aromatic rings. The van der Waals surface area contributed by atoms with Gasteiger partial charge in [0.15, 0.2) is 0 Å². The van der Waals surface area contributed by atoms with Crippen LogP contribution in [-0.2, 0) is 17.9 Å². The number of carbonyl (C=O) groups excluding carboxylic acids is 1. The Hall–Kier alpha value is -2.03. The summed E-state index contributed by atoms with van der Waals surface area (Å²) in [5.41, 5.74) is 7.63. The molecule has 0 saturated carbocycles. The molecular formula is C23H29BrFN5O. The van der Waals surface area contributed by atoms with Crippen LogP contribution in [0.15, 0.2) is 41.0 Å². The molecular weight excluding hydrogens is 461 g/mol. The van der Waals surface area contributed by atoms with E-state index in [4.69, 9.17) is 5.73 Å². The largest absolute Gasteiger partial charge is 0.384 e. The molecule has 31 heavy (non-hydrogen) atoms.